The van der Waals surface area contributed by atoms with E-state index < -0.39 is 0 Å². The Balaban J connectivity index is 1.43. The Morgan fingerprint density at radius 1 is 1.13 bits per heavy atom. The van der Waals surface area contributed by atoms with Crippen molar-refractivity contribution < 1.29 is 9.32 Å². The summed E-state index contributed by atoms with van der Waals surface area (Å²) in [4.78, 5) is 26.4. The number of pyridine rings is 2. The van der Waals surface area contributed by atoms with Crippen LogP contribution in [0.15, 0.2) is 53.6 Å². The van der Waals surface area contributed by atoms with Crippen LogP contribution in [-0.4, -0.2) is 44.0 Å². The Kier molecular flexibility index (Phi) is 3.30. The molecule has 4 heterocycles. The van der Waals surface area contributed by atoms with Gasteiger partial charge in [0.05, 0.1) is 5.92 Å². The van der Waals surface area contributed by atoms with Crippen molar-refractivity contribution in [3.63, 3.8) is 0 Å². The molecule has 0 saturated carbocycles. The van der Waals surface area contributed by atoms with Crippen LogP contribution in [0.25, 0.3) is 11.4 Å². The van der Waals surface area contributed by atoms with Crippen LogP contribution in [0.3, 0.4) is 0 Å². The molecule has 1 saturated heterocycles. The average molecular weight is 307 g/mol. The van der Waals surface area contributed by atoms with Gasteiger partial charge in [-0.25, -0.2) is 0 Å². The number of hydrogen-bond donors (Lipinski definition) is 0. The molecule has 1 aliphatic heterocycles. The summed E-state index contributed by atoms with van der Waals surface area (Å²) in [6, 6.07) is 7.12. The van der Waals surface area contributed by atoms with Gasteiger partial charge in [-0.05, 0) is 24.3 Å². The first kappa shape index (κ1) is 13.6. The maximum absolute atomic E-state index is 12.3. The van der Waals surface area contributed by atoms with Crippen molar-refractivity contribution in [2.24, 2.45) is 0 Å². The lowest BCUT2D eigenvalue weighted by molar-refractivity contribution is 0.0569. The fourth-order valence-electron chi connectivity index (χ4n) is 2.49. The molecule has 4 rings (SSSR count). The van der Waals surface area contributed by atoms with Crippen LogP contribution in [0.2, 0.25) is 0 Å². The van der Waals surface area contributed by atoms with Crippen LogP contribution in [0.1, 0.15) is 22.2 Å². The summed E-state index contributed by atoms with van der Waals surface area (Å²) >= 11 is 0. The smallest absolute Gasteiger partial charge is 0.254 e. The first-order valence-electron chi connectivity index (χ1n) is 7.24. The van der Waals surface area contributed by atoms with Crippen LogP contribution in [0.4, 0.5) is 0 Å². The molecule has 0 aromatic carbocycles. The van der Waals surface area contributed by atoms with Crippen LogP contribution in [-0.2, 0) is 0 Å². The summed E-state index contributed by atoms with van der Waals surface area (Å²) < 4.78 is 5.32. The second kappa shape index (κ2) is 5.60. The molecule has 0 radical (unpaired) electrons. The van der Waals surface area contributed by atoms with Crippen molar-refractivity contribution in [3.05, 3.63) is 60.5 Å². The zero-order valence-electron chi connectivity index (χ0n) is 12.2. The number of nitrogens with zero attached hydrogens (tertiary/aromatic N) is 5. The highest BCUT2D eigenvalue weighted by Crippen LogP contribution is 2.28. The Bertz CT molecular complexity index is 813. The number of carbonyl (C=O) groups is 1. The first-order valence-corrected chi connectivity index (χ1v) is 7.24. The largest absolute Gasteiger partial charge is 0.339 e. The lowest BCUT2D eigenvalue weighted by Crippen LogP contribution is -2.48. The molecule has 7 heteroatoms. The second-order valence-electron chi connectivity index (χ2n) is 5.34. The van der Waals surface area contributed by atoms with Crippen molar-refractivity contribution in [2.45, 2.75) is 5.92 Å². The van der Waals surface area contributed by atoms with Crippen molar-refractivity contribution in [1.29, 1.82) is 0 Å². The zero-order chi connectivity index (χ0) is 15.6. The molecule has 0 spiro atoms. The molecule has 0 unspecified atom stereocenters. The first-order chi connectivity index (χ1) is 11.3. The van der Waals surface area contributed by atoms with Gasteiger partial charge in [0.1, 0.15) is 0 Å². The minimum atomic E-state index is -0.00403. The molecule has 1 amide bonds. The highest BCUT2D eigenvalue weighted by molar-refractivity contribution is 5.94. The summed E-state index contributed by atoms with van der Waals surface area (Å²) in [5.41, 5.74) is 1.45. The van der Waals surface area contributed by atoms with Gasteiger partial charge in [0.25, 0.3) is 5.91 Å². The lowest BCUT2D eigenvalue weighted by atomic mass is 9.99. The van der Waals surface area contributed by atoms with E-state index in [4.69, 9.17) is 4.52 Å². The Hall–Kier alpha value is -3.09. The van der Waals surface area contributed by atoms with Gasteiger partial charge >= 0.3 is 0 Å². The predicted molar refractivity (Wildman–Crippen MR) is 80.4 cm³/mol. The molecule has 23 heavy (non-hydrogen) atoms. The summed E-state index contributed by atoms with van der Waals surface area (Å²) in [5, 5.41) is 3.98. The normalized spacial score (nSPS) is 14.5. The van der Waals surface area contributed by atoms with Crippen LogP contribution < -0.4 is 0 Å². The van der Waals surface area contributed by atoms with Gasteiger partial charge in [-0.1, -0.05) is 5.16 Å². The van der Waals surface area contributed by atoms with Gasteiger partial charge < -0.3 is 9.42 Å². The molecule has 1 fully saturated rings. The quantitative estimate of drug-likeness (QED) is 0.733. The summed E-state index contributed by atoms with van der Waals surface area (Å²) in [6.07, 6.45) is 6.61. The number of hydrogen-bond acceptors (Lipinski definition) is 6. The summed E-state index contributed by atoms with van der Waals surface area (Å²) in [7, 11) is 0. The standard InChI is InChI=1S/C16H13N5O2/c22-16(11-3-6-17-7-4-11)21-9-13(10-21)15-19-14(20-23-15)12-2-1-5-18-8-12/h1-8,13H,9-10H2. The predicted octanol–water partition coefficient (Wildman–Crippen LogP) is 1.77. The molecule has 0 N–H and O–H groups in total. The molecular weight excluding hydrogens is 294 g/mol. The van der Waals surface area contributed by atoms with E-state index in [1.54, 1.807) is 41.8 Å². The number of carbonyl (C=O) groups excluding carboxylic acids is 1. The lowest BCUT2D eigenvalue weighted by Gasteiger charge is -2.37. The summed E-state index contributed by atoms with van der Waals surface area (Å²) in [5.74, 6) is 1.16. The van der Waals surface area contributed by atoms with Gasteiger partial charge in [-0.15, -0.1) is 0 Å². The van der Waals surface area contributed by atoms with E-state index in [9.17, 15) is 4.79 Å². The highest BCUT2D eigenvalue weighted by Gasteiger charge is 2.36. The molecule has 0 bridgehead atoms. The third kappa shape index (κ3) is 2.57. The third-order valence-electron chi connectivity index (χ3n) is 3.81. The van der Waals surface area contributed by atoms with Crippen molar-refractivity contribution in [3.8, 4) is 11.4 Å². The molecule has 3 aromatic heterocycles. The Morgan fingerprint density at radius 2 is 1.96 bits per heavy atom. The minimum Gasteiger partial charge on any atom is -0.339 e. The van der Waals surface area contributed by atoms with Crippen LogP contribution in [0, 0.1) is 0 Å². The van der Waals surface area contributed by atoms with E-state index in [2.05, 4.69) is 20.1 Å². The van der Waals surface area contributed by atoms with E-state index >= 15 is 0 Å². The topological polar surface area (TPSA) is 85.0 Å². The van der Waals surface area contributed by atoms with Crippen molar-refractivity contribution >= 4 is 5.91 Å². The fraction of sp³-hybridized carbons (Fsp3) is 0.188. The number of amides is 1. The Morgan fingerprint density at radius 3 is 2.70 bits per heavy atom. The van der Waals surface area contributed by atoms with Crippen molar-refractivity contribution in [2.75, 3.05) is 13.1 Å². The number of rotatable bonds is 3. The van der Waals surface area contributed by atoms with Crippen molar-refractivity contribution in [1.82, 2.24) is 25.0 Å². The maximum Gasteiger partial charge on any atom is 0.254 e. The van der Waals surface area contributed by atoms with E-state index in [0.717, 1.165) is 5.56 Å². The number of likely N-dealkylation sites (tertiary alicyclic amines) is 1. The SMILES string of the molecule is O=C(c1ccncc1)N1CC(c2nc(-c3cccnc3)no2)C1. The van der Waals surface area contributed by atoms with Gasteiger partial charge in [-0.2, -0.15) is 4.98 Å². The van der Waals surface area contributed by atoms with Gasteiger partial charge in [0.15, 0.2) is 0 Å². The molecule has 114 valence electrons. The third-order valence-corrected chi connectivity index (χ3v) is 3.81. The minimum absolute atomic E-state index is 0.00403. The van der Waals surface area contributed by atoms with Crippen LogP contribution >= 0.6 is 0 Å². The zero-order valence-corrected chi connectivity index (χ0v) is 12.2. The van der Waals surface area contributed by atoms with Crippen LogP contribution in [0.5, 0.6) is 0 Å². The Labute approximate surface area is 132 Å². The molecule has 0 aliphatic carbocycles. The van der Waals surface area contributed by atoms with E-state index in [-0.39, 0.29) is 11.8 Å². The fourth-order valence-corrected chi connectivity index (χ4v) is 2.49. The average Bonchev–Trinajstić information content (AvgIpc) is 3.05. The number of aromatic nitrogens is 4. The maximum atomic E-state index is 12.3. The highest BCUT2D eigenvalue weighted by atomic mass is 16.5. The second-order valence-corrected chi connectivity index (χ2v) is 5.34. The van der Waals surface area contributed by atoms with Gasteiger partial charge in [-0.3, -0.25) is 14.8 Å². The van der Waals surface area contributed by atoms with Gasteiger partial charge in [0, 0.05) is 49.0 Å². The summed E-state index contributed by atoms with van der Waals surface area (Å²) in [6.45, 7) is 1.16. The molecule has 0 atom stereocenters. The van der Waals surface area contributed by atoms with E-state index in [1.807, 2.05) is 12.1 Å². The monoisotopic (exact) mass is 307 g/mol. The van der Waals surface area contributed by atoms with E-state index in [1.165, 1.54) is 0 Å². The molecule has 1 aliphatic rings. The molecule has 7 nitrogen and oxygen atoms in total. The van der Waals surface area contributed by atoms with E-state index in [0.29, 0.717) is 30.4 Å². The van der Waals surface area contributed by atoms with Gasteiger partial charge in [0.2, 0.25) is 11.7 Å². The molecular formula is C16H13N5O2. The molecule has 3 aromatic rings.